The molecule has 3 aromatic rings. The number of aromatic nitrogens is 2. The minimum Gasteiger partial charge on any atom is -0.486 e. The Morgan fingerprint density at radius 2 is 1.77 bits per heavy atom. The zero-order valence-electron chi connectivity index (χ0n) is 12.8. The van der Waals surface area contributed by atoms with Crippen LogP contribution in [0.1, 0.15) is 5.56 Å². The average molecular weight is 462 g/mol. The number of ether oxygens (including phenoxy) is 1. The van der Waals surface area contributed by atoms with E-state index in [4.69, 9.17) is 27.9 Å². The highest BCUT2D eigenvalue weighted by Gasteiger charge is 2.12. The molecule has 0 aliphatic heterocycles. The molecule has 0 bridgehead atoms. The molecule has 0 aliphatic rings. The molecule has 0 fully saturated rings. The molecule has 26 heavy (non-hydrogen) atoms. The van der Waals surface area contributed by atoms with Gasteiger partial charge < -0.3 is 4.74 Å². The number of nitrogens with zero attached hydrogens (tertiary/aromatic N) is 2. The van der Waals surface area contributed by atoms with Gasteiger partial charge in [-0.15, -0.1) is 0 Å². The Morgan fingerprint density at radius 1 is 1.08 bits per heavy atom. The van der Waals surface area contributed by atoms with Crippen LogP contribution in [-0.4, -0.2) is 9.78 Å². The van der Waals surface area contributed by atoms with Gasteiger partial charge in [-0.3, -0.25) is 4.79 Å². The lowest BCUT2D eigenvalue weighted by molar-refractivity contribution is 0.294. The molecular formula is C17H9BrCl2F2N2O2. The first-order valence-electron chi connectivity index (χ1n) is 7.16. The lowest BCUT2D eigenvalue weighted by atomic mass is 10.2. The Morgan fingerprint density at radius 3 is 2.42 bits per heavy atom. The third-order valence-corrected chi connectivity index (χ3v) is 4.33. The van der Waals surface area contributed by atoms with Crippen LogP contribution < -0.4 is 10.3 Å². The van der Waals surface area contributed by atoms with Crippen molar-refractivity contribution in [1.29, 1.82) is 0 Å². The van der Waals surface area contributed by atoms with E-state index in [1.165, 1.54) is 30.3 Å². The second-order valence-electron chi connectivity index (χ2n) is 5.20. The predicted octanol–water partition coefficient (Wildman–Crippen LogP) is 5.16. The summed E-state index contributed by atoms with van der Waals surface area (Å²) in [4.78, 5) is 12.3. The van der Waals surface area contributed by atoms with Crippen LogP contribution in [0.15, 0.2) is 51.9 Å². The van der Waals surface area contributed by atoms with Gasteiger partial charge in [0.15, 0.2) is 10.4 Å². The molecule has 1 aromatic heterocycles. The van der Waals surface area contributed by atoms with E-state index in [-0.39, 0.29) is 22.5 Å². The third-order valence-electron chi connectivity index (χ3n) is 3.34. The first-order chi connectivity index (χ1) is 12.3. The van der Waals surface area contributed by atoms with Gasteiger partial charge in [0, 0.05) is 21.7 Å². The van der Waals surface area contributed by atoms with Gasteiger partial charge in [0.2, 0.25) is 0 Å². The molecule has 0 amide bonds. The summed E-state index contributed by atoms with van der Waals surface area (Å²) in [6.45, 7) is -0.196. The van der Waals surface area contributed by atoms with Crippen molar-refractivity contribution in [2.24, 2.45) is 0 Å². The maximum Gasteiger partial charge on any atom is 0.275 e. The topological polar surface area (TPSA) is 44.1 Å². The van der Waals surface area contributed by atoms with Gasteiger partial charge in [-0.25, -0.2) is 8.78 Å². The number of hydrogen-bond donors (Lipinski definition) is 0. The molecule has 0 atom stereocenters. The summed E-state index contributed by atoms with van der Waals surface area (Å²) >= 11 is 15.1. The summed E-state index contributed by atoms with van der Waals surface area (Å²) in [5.74, 6) is -1.31. The van der Waals surface area contributed by atoms with E-state index in [2.05, 4.69) is 21.0 Å². The van der Waals surface area contributed by atoms with E-state index in [1.807, 2.05) is 0 Å². The van der Waals surface area contributed by atoms with Gasteiger partial charge in [0.1, 0.15) is 18.2 Å². The van der Waals surface area contributed by atoms with Crippen LogP contribution in [0, 0.1) is 11.6 Å². The van der Waals surface area contributed by atoms with Crippen LogP contribution in [0.5, 0.6) is 5.75 Å². The Bertz CT molecular complexity index is 1020. The van der Waals surface area contributed by atoms with Crippen molar-refractivity contribution in [2.75, 3.05) is 0 Å². The molecule has 0 unspecified atom stereocenters. The molecule has 0 N–H and O–H groups in total. The van der Waals surface area contributed by atoms with Crippen molar-refractivity contribution >= 4 is 39.1 Å². The summed E-state index contributed by atoms with van der Waals surface area (Å²) in [5, 5.41) is 4.80. The lowest BCUT2D eigenvalue weighted by Crippen LogP contribution is -2.21. The van der Waals surface area contributed by atoms with E-state index in [9.17, 15) is 13.6 Å². The highest BCUT2D eigenvalue weighted by molar-refractivity contribution is 9.10. The highest BCUT2D eigenvalue weighted by atomic mass is 79.9. The lowest BCUT2D eigenvalue weighted by Gasteiger charge is -2.11. The van der Waals surface area contributed by atoms with Crippen LogP contribution in [0.4, 0.5) is 8.78 Å². The maximum atomic E-state index is 13.7. The van der Waals surface area contributed by atoms with Gasteiger partial charge >= 0.3 is 0 Å². The summed E-state index contributed by atoms with van der Waals surface area (Å²) < 4.78 is 33.3. The molecule has 0 radical (unpaired) electrons. The predicted molar refractivity (Wildman–Crippen MR) is 98.2 cm³/mol. The van der Waals surface area contributed by atoms with Crippen LogP contribution in [0.3, 0.4) is 0 Å². The molecule has 2 aromatic carbocycles. The molecule has 1 heterocycles. The van der Waals surface area contributed by atoms with Crippen LogP contribution >= 0.6 is 39.1 Å². The smallest absolute Gasteiger partial charge is 0.275 e. The molecule has 0 aliphatic carbocycles. The maximum absolute atomic E-state index is 13.7. The first kappa shape index (κ1) is 18.8. The highest BCUT2D eigenvalue weighted by Crippen LogP contribution is 2.24. The van der Waals surface area contributed by atoms with E-state index < -0.39 is 17.2 Å². The minimum atomic E-state index is -0.740. The summed E-state index contributed by atoms with van der Waals surface area (Å²) in [6.07, 6.45) is 0. The Kier molecular flexibility index (Phi) is 5.60. The Balaban J connectivity index is 1.88. The van der Waals surface area contributed by atoms with Crippen LogP contribution in [-0.2, 0) is 6.61 Å². The van der Waals surface area contributed by atoms with E-state index in [0.717, 1.165) is 16.8 Å². The molecular weight excluding hydrogens is 453 g/mol. The second kappa shape index (κ2) is 7.73. The summed E-state index contributed by atoms with van der Waals surface area (Å²) in [5.41, 5.74) is 0.0227. The van der Waals surface area contributed by atoms with E-state index in [0.29, 0.717) is 15.7 Å². The normalized spacial score (nSPS) is 10.8. The van der Waals surface area contributed by atoms with E-state index >= 15 is 0 Å². The van der Waals surface area contributed by atoms with Gasteiger partial charge in [0.05, 0.1) is 11.8 Å². The molecule has 4 nitrogen and oxygen atoms in total. The fourth-order valence-corrected chi connectivity index (χ4v) is 3.06. The fraction of sp³-hybridized carbons (Fsp3) is 0.0588. The standard InChI is InChI=1S/C17H9BrCl2F2N2O2/c18-17-15(26-8-9-1-2-12(21)6-14(9)22)7-16(25)24(23-17)13-4-10(19)3-11(20)5-13/h1-7H,8H2. The summed E-state index contributed by atoms with van der Waals surface area (Å²) in [6, 6.07) is 8.92. The van der Waals surface area contributed by atoms with Crippen molar-refractivity contribution < 1.29 is 13.5 Å². The number of benzene rings is 2. The van der Waals surface area contributed by atoms with Gasteiger partial charge in [0.25, 0.3) is 5.56 Å². The average Bonchev–Trinajstić information content (AvgIpc) is 2.55. The molecule has 9 heteroatoms. The quantitative estimate of drug-likeness (QED) is 0.539. The number of rotatable bonds is 4. The number of hydrogen-bond acceptors (Lipinski definition) is 3. The van der Waals surface area contributed by atoms with Crippen molar-refractivity contribution in [1.82, 2.24) is 9.78 Å². The van der Waals surface area contributed by atoms with Crippen molar-refractivity contribution in [3.05, 3.63) is 84.7 Å². The van der Waals surface area contributed by atoms with Gasteiger partial charge in [-0.2, -0.15) is 9.78 Å². The molecule has 0 saturated carbocycles. The van der Waals surface area contributed by atoms with Crippen molar-refractivity contribution in [3.8, 4) is 11.4 Å². The molecule has 0 spiro atoms. The summed E-state index contributed by atoms with van der Waals surface area (Å²) in [7, 11) is 0. The SMILES string of the molecule is O=c1cc(OCc2ccc(F)cc2F)c(Br)nn1-c1cc(Cl)cc(Cl)c1. The van der Waals surface area contributed by atoms with Crippen LogP contribution in [0.25, 0.3) is 5.69 Å². The third kappa shape index (κ3) is 4.23. The second-order valence-corrected chi connectivity index (χ2v) is 6.83. The number of halogens is 5. The monoisotopic (exact) mass is 460 g/mol. The zero-order valence-corrected chi connectivity index (χ0v) is 15.9. The Hall–Kier alpha value is -1.96. The zero-order chi connectivity index (χ0) is 18.8. The minimum absolute atomic E-state index is 0.114. The Labute approximate surface area is 165 Å². The molecule has 0 saturated heterocycles. The molecule has 3 rings (SSSR count). The van der Waals surface area contributed by atoms with Crippen molar-refractivity contribution in [3.63, 3.8) is 0 Å². The largest absolute Gasteiger partial charge is 0.486 e. The van der Waals surface area contributed by atoms with Crippen molar-refractivity contribution in [2.45, 2.75) is 6.61 Å². The fourth-order valence-electron chi connectivity index (χ4n) is 2.16. The van der Waals surface area contributed by atoms with Gasteiger partial charge in [-0.05, 0) is 46.3 Å². The molecule has 134 valence electrons. The first-order valence-corrected chi connectivity index (χ1v) is 8.71. The van der Waals surface area contributed by atoms with E-state index in [1.54, 1.807) is 0 Å². The van der Waals surface area contributed by atoms with Gasteiger partial charge in [-0.1, -0.05) is 23.2 Å². The van der Waals surface area contributed by atoms with Crippen LogP contribution in [0.2, 0.25) is 10.0 Å².